The Kier molecular flexibility index (Phi) is 3.66. The zero-order valence-corrected chi connectivity index (χ0v) is 12.1. The summed E-state index contributed by atoms with van der Waals surface area (Å²) in [7, 11) is 0. The summed E-state index contributed by atoms with van der Waals surface area (Å²) in [4.78, 5) is 5.35. The number of nitrogens with two attached hydrogens (primary N) is 1. The van der Waals surface area contributed by atoms with Crippen LogP contribution in [-0.4, -0.2) is 21.1 Å². The normalized spacial score (nSPS) is 11.1. The lowest BCUT2D eigenvalue weighted by molar-refractivity contribution is 0.294. The first-order valence-corrected chi connectivity index (χ1v) is 7.36. The summed E-state index contributed by atoms with van der Waals surface area (Å²) in [6.07, 6.45) is 0.807. The van der Waals surface area contributed by atoms with E-state index in [1.165, 1.54) is 0 Å². The standard InChI is InChI=1S/C14H16N4OS/c1-10-4-2-3-5-12(10)19-8-13-16-14-18(17-13)11(6-7-15)9-20-14/h2-5,9H,6-8,15H2,1H3. The van der Waals surface area contributed by atoms with Crippen molar-refractivity contribution in [2.24, 2.45) is 5.73 Å². The number of fused-ring (bicyclic) bond motifs is 1. The minimum atomic E-state index is 0.376. The van der Waals surface area contributed by atoms with E-state index in [9.17, 15) is 0 Å². The van der Waals surface area contributed by atoms with Crippen LogP contribution in [-0.2, 0) is 13.0 Å². The molecule has 0 atom stereocenters. The SMILES string of the molecule is Cc1ccccc1OCc1nc2scc(CCN)n2n1. The molecular formula is C14H16N4OS. The second-order valence-corrected chi connectivity index (χ2v) is 5.38. The van der Waals surface area contributed by atoms with Gasteiger partial charge in [-0.25, -0.2) is 4.52 Å². The maximum Gasteiger partial charge on any atom is 0.212 e. The number of hydrogen-bond donors (Lipinski definition) is 1. The Hall–Kier alpha value is -1.92. The van der Waals surface area contributed by atoms with E-state index >= 15 is 0 Å². The topological polar surface area (TPSA) is 65.4 Å². The van der Waals surface area contributed by atoms with Gasteiger partial charge in [0.25, 0.3) is 0 Å². The van der Waals surface area contributed by atoms with Gasteiger partial charge in [0.15, 0.2) is 5.82 Å². The van der Waals surface area contributed by atoms with E-state index in [1.54, 1.807) is 11.3 Å². The van der Waals surface area contributed by atoms with Crippen molar-refractivity contribution >= 4 is 16.3 Å². The molecule has 104 valence electrons. The van der Waals surface area contributed by atoms with Crippen molar-refractivity contribution in [1.82, 2.24) is 14.6 Å². The third-order valence-electron chi connectivity index (χ3n) is 3.04. The Morgan fingerprint density at radius 2 is 2.20 bits per heavy atom. The Morgan fingerprint density at radius 3 is 3.00 bits per heavy atom. The summed E-state index contributed by atoms with van der Waals surface area (Å²) < 4.78 is 7.62. The Bertz CT molecular complexity index is 719. The molecular weight excluding hydrogens is 272 g/mol. The average Bonchev–Trinajstić information content (AvgIpc) is 3.00. The molecule has 0 unspecified atom stereocenters. The number of thiazole rings is 1. The molecule has 0 bridgehead atoms. The molecule has 0 aliphatic rings. The number of hydrogen-bond acceptors (Lipinski definition) is 5. The fourth-order valence-corrected chi connectivity index (χ4v) is 2.88. The summed E-state index contributed by atoms with van der Waals surface area (Å²) in [5.41, 5.74) is 7.80. The number of benzene rings is 1. The first-order chi connectivity index (χ1) is 9.78. The maximum absolute atomic E-state index is 5.76. The summed E-state index contributed by atoms with van der Waals surface area (Å²) in [5.74, 6) is 1.56. The molecule has 2 N–H and O–H groups in total. The molecule has 5 nitrogen and oxygen atoms in total. The highest BCUT2D eigenvalue weighted by Crippen LogP contribution is 2.19. The van der Waals surface area contributed by atoms with Gasteiger partial charge in [-0.2, -0.15) is 4.98 Å². The zero-order valence-electron chi connectivity index (χ0n) is 11.2. The van der Waals surface area contributed by atoms with Crippen molar-refractivity contribution in [2.45, 2.75) is 20.0 Å². The van der Waals surface area contributed by atoms with E-state index in [-0.39, 0.29) is 0 Å². The fourth-order valence-electron chi connectivity index (χ4n) is 2.01. The molecule has 0 amide bonds. The molecule has 0 saturated carbocycles. The summed E-state index contributed by atoms with van der Waals surface area (Å²) in [5, 5.41) is 6.52. The molecule has 3 rings (SSSR count). The van der Waals surface area contributed by atoms with Crippen molar-refractivity contribution in [2.75, 3.05) is 6.54 Å². The summed E-state index contributed by atoms with van der Waals surface area (Å²) in [6.45, 7) is 3.01. The van der Waals surface area contributed by atoms with Crippen LogP contribution in [0.3, 0.4) is 0 Å². The highest BCUT2D eigenvalue weighted by Gasteiger charge is 2.10. The first-order valence-electron chi connectivity index (χ1n) is 6.48. The molecule has 2 heterocycles. The molecule has 0 saturated heterocycles. The van der Waals surface area contributed by atoms with Gasteiger partial charge in [0.05, 0.1) is 5.69 Å². The van der Waals surface area contributed by atoms with Crippen molar-refractivity contribution in [3.63, 3.8) is 0 Å². The smallest absolute Gasteiger partial charge is 0.212 e. The van der Waals surface area contributed by atoms with Crippen molar-refractivity contribution in [3.8, 4) is 5.75 Å². The largest absolute Gasteiger partial charge is 0.485 e. The lowest BCUT2D eigenvalue weighted by Crippen LogP contribution is -2.06. The highest BCUT2D eigenvalue weighted by atomic mass is 32.1. The van der Waals surface area contributed by atoms with Crippen LogP contribution in [0, 0.1) is 6.92 Å². The van der Waals surface area contributed by atoms with Crippen LogP contribution in [0.2, 0.25) is 0 Å². The highest BCUT2D eigenvalue weighted by molar-refractivity contribution is 7.15. The molecule has 0 spiro atoms. The molecule has 6 heteroatoms. The van der Waals surface area contributed by atoms with Crippen molar-refractivity contribution < 1.29 is 4.74 Å². The van der Waals surface area contributed by atoms with Crippen LogP contribution >= 0.6 is 11.3 Å². The number of para-hydroxylation sites is 1. The predicted molar refractivity (Wildman–Crippen MR) is 79.1 cm³/mol. The lowest BCUT2D eigenvalue weighted by Gasteiger charge is -2.05. The van der Waals surface area contributed by atoms with Gasteiger partial charge in [0.1, 0.15) is 12.4 Å². The fraction of sp³-hybridized carbons (Fsp3) is 0.286. The number of aryl methyl sites for hydroxylation is 1. The van der Waals surface area contributed by atoms with E-state index in [2.05, 4.69) is 10.1 Å². The summed E-state index contributed by atoms with van der Waals surface area (Å²) >= 11 is 1.58. The van der Waals surface area contributed by atoms with Crippen LogP contribution in [0.15, 0.2) is 29.6 Å². The third-order valence-corrected chi connectivity index (χ3v) is 3.91. The second-order valence-electron chi connectivity index (χ2n) is 4.54. The monoisotopic (exact) mass is 288 g/mol. The molecule has 20 heavy (non-hydrogen) atoms. The number of nitrogens with zero attached hydrogens (tertiary/aromatic N) is 3. The predicted octanol–water partition coefficient (Wildman–Crippen LogP) is 2.18. The molecule has 2 aromatic heterocycles. The minimum Gasteiger partial charge on any atom is -0.485 e. The number of ether oxygens (including phenoxy) is 1. The molecule has 0 aliphatic heterocycles. The van der Waals surface area contributed by atoms with Crippen molar-refractivity contribution in [3.05, 3.63) is 46.7 Å². The van der Waals surface area contributed by atoms with E-state index in [0.717, 1.165) is 28.4 Å². The van der Waals surface area contributed by atoms with Gasteiger partial charge in [-0.3, -0.25) is 0 Å². The van der Waals surface area contributed by atoms with Crippen LogP contribution in [0.5, 0.6) is 5.75 Å². The molecule has 1 aromatic carbocycles. The Labute approximate surface area is 121 Å². The first kappa shape index (κ1) is 13.1. The van der Waals surface area contributed by atoms with Gasteiger partial charge < -0.3 is 10.5 Å². The molecule has 0 aliphatic carbocycles. The molecule has 0 radical (unpaired) electrons. The van der Waals surface area contributed by atoms with Crippen LogP contribution in [0.1, 0.15) is 17.1 Å². The van der Waals surface area contributed by atoms with E-state index in [0.29, 0.717) is 19.0 Å². The van der Waals surface area contributed by atoms with E-state index < -0.39 is 0 Å². The number of aromatic nitrogens is 3. The molecule has 0 fully saturated rings. The van der Waals surface area contributed by atoms with Gasteiger partial charge in [-0.15, -0.1) is 16.4 Å². The van der Waals surface area contributed by atoms with Gasteiger partial charge >= 0.3 is 0 Å². The maximum atomic E-state index is 5.76. The van der Waals surface area contributed by atoms with Gasteiger partial charge in [-0.05, 0) is 25.1 Å². The van der Waals surface area contributed by atoms with E-state index in [1.807, 2.05) is 41.1 Å². The zero-order chi connectivity index (χ0) is 13.9. The van der Waals surface area contributed by atoms with E-state index in [4.69, 9.17) is 10.5 Å². The van der Waals surface area contributed by atoms with Gasteiger partial charge in [0.2, 0.25) is 4.96 Å². The van der Waals surface area contributed by atoms with Crippen LogP contribution in [0.25, 0.3) is 4.96 Å². The molecule has 3 aromatic rings. The number of rotatable bonds is 5. The van der Waals surface area contributed by atoms with Gasteiger partial charge in [0, 0.05) is 11.8 Å². The quantitative estimate of drug-likeness (QED) is 0.781. The van der Waals surface area contributed by atoms with Crippen molar-refractivity contribution in [1.29, 1.82) is 0 Å². The second kappa shape index (κ2) is 5.60. The minimum absolute atomic E-state index is 0.376. The Balaban J connectivity index is 1.76. The average molecular weight is 288 g/mol. The van der Waals surface area contributed by atoms with Gasteiger partial charge in [-0.1, -0.05) is 18.2 Å². The summed E-state index contributed by atoms with van der Waals surface area (Å²) in [6, 6.07) is 7.93. The third kappa shape index (κ3) is 2.52. The van der Waals surface area contributed by atoms with Crippen LogP contribution in [0.4, 0.5) is 0 Å². The lowest BCUT2D eigenvalue weighted by atomic mass is 10.2. The van der Waals surface area contributed by atoms with Crippen LogP contribution < -0.4 is 10.5 Å². The Morgan fingerprint density at radius 1 is 1.35 bits per heavy atom.